The lowest BCUT2D eigenvalue weighted by Gasteiger charge is -2.34. The van der Waals surface area contributed by atoms with Gasteiger partial charge in [0.2, 0.25) is 5.91 Å². The highest BCUT2D eigenvalue weighted by Gasteiger charge is 2.35. The average molecular weight is 465 g/mol. The van der Waals surface area contributed by atoms with Gasteiger partial charge >= 0.3 is 0 Å². The molecule has 1 aromatic carbocycles. The van der Waals surface area contributed by atoms with Gasteiger partial charge in [-0.3, -0.25) is 4.79 Å². The second kappa shape index (κ2) is 9.18. The Kier molecular flexibility index (Phi) is 6.55. The van der Waals surface area contributed by atoms with Crippen LogP contribution in [0.15, 0.2) is 34.5 Å². The molecule has 0 radical (unpaired) electrons. The number of aryl methyl sites for hydroxylation is 1. The van der Waals surface area contributed by atoms with E-state index in [2.05, 4.69) is 0 Å². The van der Waals surface area contributed by atoms with Crippen molar-refractivity contribution in [3.63, 3.8) is 0 Å². The van der Waals surface area contributed by atoms with Crippen molar-refractivity contribution < 1.29 is 22.7 Å². The molecule has 0 N–H and O–H groups in total. The van der Waals surface area contributed by atoms with Gasteiger partial charge in [0.25, 0.3) is 10.0 Å². The van der Waals surface area contributed by atoms with E-state index in [0.717, 1.165) is 10.4 Å². The first kappa shape index (κ1) is 22.1. The lowest BCUT2D eigenvalue weighted by molar-refractivity contribution is -0.137. The highest BCUT2D eigenvalue weighted by atomic mass is 32.2. The summed E-state index contributed by atoms with van der Waals surface area (Å²) in [5.41, 5.74) is 0.904. The van der Waals surface area contributed by atoms with Gasteiger partial charge in [-0.05, 0) is 44.9 Å². The fourth-order valence-corrected chi connectivity index (χ4v) is 7.07. The minimum absolute atomic E-state index is 0.0147. The molecular weight excluding hydrogens is 436 g/mol. The first-order chi connectivity index (χ1) is 14.9. The molecule has 2 aliphatic rings. The summed E-state index contributed by atoms with van der Waals surface area (Å²) in [4.78, 5) is 16.1. The molecule has 1 unspecified atom stereocenters. The van der Waals surface area contributed by atoms with E-state index in [0.29, 0.717) is 61.4 Å². The fourth-order valence-electron chi connectivity index (χ4n) is 4.11. The highest BCUT2D eigenvalue weighted by molar-refractivity contribution is 7.91. The molecule has 1 fully saturated rings. The molecule has 0 aliphatic carbocycles. The van der Waals surface area contributed by atoms with Crippen LogP contribution >= 0.6 is 11.3 Å². The third-order valence-electron chi connectivity index (χ3n) is 5.75. The van der Waals surface area contributed by atoms with Crippen LogP contribution in [-0.4, -0.2) is 56.4 Å². The molecule has 31 heavy (non-hydrogen) atoms. The van der Waals surface area contributed by atoms with Crippen molar-refractivity contribution in [3.05, 3.63) is 40.8 Å². The molecule has 1 saturated heterocycles. The molecule has 1 atom stereocenters. The highest BCUT2D eigenvalue weighted by Crippen LogP contribution is 2.35. The Labute approximate surface area is 187 Å². The lowest BCUT2D eigenvalue weighted by atomic mass is 9.97. The molecule has 168 valence electrons. The van der Waals surface area contributed by atoms with Gasteiger partial charge in [-0.1, -0.05) is 12.1 Å². The molecule has 9 heteroatoms. The van der Waals surface area contributed by atoms with Crippen LogP contribution in [0.25, 0.3) is 0 Å². The van der Waals surface area contributed by atoms with E-state index in [1.165, 1.54) is 15.6 Å². The molecule has 1 amide bonds. The Bertz CT molecular complexity index is 1050. The largest absolute Gasteiger partial charge is 0.486 e. The second-order valence-corrected chi connectivity index (χ2v) is 11.3. The SMILES string of the molecule is CCN(Cc1cccc2c1OCCO2)C(=O)C1CCCN(S(=O)(=O)c2ccc(C)s2)C1. The summed E-state index contributed by atoms with van der Waals surface area (Å²) < 4.78 is 39.3. The number of ether oxygens (including phenoxy) is 2. The predicted octanol–water partition coefficient (Wildman–Crippen LogP) is 3.28. The van der Waals surface area contributed by atoms with E-state index in [4.69, 9.17) is 9.47 Å². The fraction of sp³-hybridized carbons (Fsp3) is 0.500. The Morgan fingerprint density at radius 3 is 2.77 bits per heavy atom. The zero-order chi connectivity index (χ0) is 22.0. The molecule has 3 heterocycles. The van der Waals surface area contributed by atoms with Crippen molar-refractivity contribution in [2.24, 2.45) is 5.92 Å². The number of amides is 1. The van der Waals surface area contributed by atoms with Crippen LogP contribution in [0.1, 0.15) is 30.2 Å². The molecule has 1 aromatic heterocycles. The molecule has 2 aromatic rings. The number of carbonyl (C=O) groups excluding carboxylic acids is 1. The second-order valence-electron chi connectivity index (χ2n) is 7.86. The number of piperidine rings is 1. The monoisotopic (exact) mass is 464 g/mol. The van der Waals surface area contributed by atoms with E-state index in [-0.39, 0.29) is 18.4 Å². The van der Waals surface area contributed by atoms with E-state index in [1.807, 2.05) is 38.1 Å². The third-order valence-corrected chi connectivity index (χ3v) is 9.08. The number of sulfonamides is 1. The van der Waals surface area contributed by atoms with Gasteiger partial charge in [-0.2, -0.15) is 4.31 Å². The van der Waals surface area contributed by atoms with E-state index in [9.17, 15) is 13.2 Å². The van der Waals surface area contributed by atoms with Gasteiger partial charge in [0.05, 0.1) is 5.92 Å². The number of hydrogen-bond acceptors (Lipinski definition) is 6. The number of fused-ring (bicyclic) bond motifs is 1. The topological polar surface area (TPSA) is 76.2 Å². The number of nitrogens with zero attached hydrogens (tertiary/aromatic N) is 2. The van der Waals surface area contributed by atoms with Crippen molar-refractivity contribution in [1.29, 1.82) is 0 Å². The maximum Gasteiger partial charge on any atom is 0.252 e. The normalized spacial score (nSPS) is 19.2. The molecule has 0 spiro atoms. The first-order valence-corrected chi connectivity index (χ1v) is 12.9. The van der Waals surface area contributed by atoms with Crippen LogP contribution in [0.3, 0.4) is 0 Å². The maximum absolute atomic E-state index is 13.3. The van der Waals surface area contributed by atoms with Gasteiger partial charge in [0.15, 0.2) is 11.5 Å². The van der Waals surface area contributed by atoms with Crippen molar-refractivity contribution in [3.8, 4) is 11.5 Å². The van der Waals surface area contributed by atoms with Gasteiger partial charge in [0, 0.05) is 36.6 Å². The summed E-state index contributed by atoms with van der Waals surface area (Å²) in [6, 6.07) is 9.18. The minimum atomic E-state index is -3.57. The van der Waals surface area contributed by atoms with Gasteiger partial charge in [0.1, 0.15) is 17.4 Å². The van der Waals surface area contributed by atoms with Crippen LogP contribution in [0, 0.1) is 12.8 Å². The Morgan fingerprint density at radius 1 is 1.23 bits per heavy atom. The quantitative estimate of drug-likeness (QED) is 0.656. The minimum Gasteiger partial charge on any atom is -0.486 e. The average Bonchev–Trinajstić information content (AvgIpc) is 3.24. The molecule has 0 saturated carbocycles. The van der Waals surface area contributed by atoms with Crippen LogP contribution < -0.4 is 9.47 Å². The van der Waals surface area contributed by atoms with Gasteiger partial charge in [-0.15, -0.1) is 11.3 Å². The maximum atomic E-state index is 13.3. The molecular formula is C22H28N2O5S2. The number of thiophene rings is 1. The van der Waals surface area contributed by atoms with Crippen LogP contribution in [0.5, 0.6) is 11.5 Å². The predicted molar refractivity (Wildman–Crippen MR) is 119 cm³/mol. The van der Waals surface area contributed by atoms with Gasteiger partial charge in [-0.25, -0.2) is 8.42 Å². The molecule has 4 rings (SSSR count). The van der Waals surface area contributed by atoms with Crippen LogP contribution in [-0.2, 0) is 21.4 Å². The van der Waals surface area contributed by atoms with Crippen molar-refractivity contribution in [2.75, 3.05) is 32.8 Å². The zero-order valence-corrected chi connectivity index (χ0v) is 19.5. The van der Waals surface area contributed by atoms with E-state index in [1.54, 1.807) is 11.0 Å². The summed E-state index contributed by atoms with van der Waals surface area (Å²) in [5, 5.41) is 0. The lowest BCUT2D eigenvalue weighted by Crippen LogP contribution is -2.46. The summed E-state index contributed by atoms with van der Waals surface area (Å²) in [6.45, 7) is 6.46. The smallest absolute Gasteiger partial charge is 0.252 e. The zero-order valence-electron chi connectivity index (χ0n) is 17.9. The van der Waals surface area contributed by atoms with Crippen LogP contribution in [0.2, 0.25) is 0 Å². The first-order valence-electron chi connectivity index (χ1n) is 10.6. The summed E-state index contributed by atoms with van der Waals surface area (Å²) in [7, 11) is -3.57. The van der Waals surface area contributed by atoms with E-state index >= 15 is 0 Å². The molecule has 2 aliphatic heterocycles. The Hall–Kier alpha value is -2.10. The number of benzene rings is 1. The summed E-state index contributed by atoms with van der Waals surface area (Å²) in [6.07, 6.45) is 1.37. The van der Waals surface area contributed by atoms with Crippen molar-refractivity contribution in [1.82, 2.24) is 9.21 Å². The number of hydrogen-bond donors (Lipinski definition) is 0. The summed E-state index contributed by atoms with van der Waals surface area (Å²) >= 11 is 1.27. The van der Waals surface area contributed by atoms with Gasteiger partial charge < -0.3 is 14.4 Å². The third kappa shape index (κ3) is 4.58. The molecule has 7 nitrogen and oxygen atoms in total. The van der Waals surface area contributed by atoms with E-state index < -0.39 is 10.0 Å². The Balaban J connectivity index is 1.49. The molecule has 0 bridgehead atoms. The van der Waals surface area contributed by atoms with Crippen molar-refractivity contribution >= 4 is 27.3 Å². The number of carbonyl (C=O) groups is 1. The number of para-hydroxylation sites is 1. The van der Waals surface area contributed by atoms with Crippen LogP contribution in [0.4, 0.5) is 0 Å². The summed E-state index contributed by atoms with van der Waals surface area (Å²) in [5.74, 6) is 1.04. The number of rotatable bonds is 6. The van der Waals surface area contributed by atoms with Crippen molar-refractivity contribution in [2.45, 2.75) is 37.4 Å². The Morgan fingerprint density at radius 2 is 2.03 bits per heavy atom. The standard InChI is InChI=1S/C22H28N2O5S2/c1-3-23(14-17-6-4-8-19-21(17)29-13-12-28-19)22(25)18-7-5-11-24(15-18)31(26,27)20-10-9-16(2)30-20/h4,6,8-10,18H,3,5,7,11-15H2,1-2H3.